The molecule has 1 atom stereocenters. The number of hydrazone groups is 2. The minimum absolute atomic E-state index is 0.0959. The van der Waals surface area contributed by atoms with E-state index in [0.717, 1.165) is 0 Å². The fourth-order valence-electron chi connectivity index (χ4n) is 2.34. The number of hydrogen-bond acceptors (Lipinski definition) is 8. The van der Waals surface area contributed by atoms with Crippen molar-refractivity contribution in [2.24, 2.45) is 10.2 Å². The van der Waals surface area contributed by atoms with Gasteiger partial charge in [0, 0.05) is 17.5 Å². The van der Waals surface area contributed by atoms with Gasteiger partial charge in [-0.2, -0.15) is 10.2 Å². The van der Waals surface area contributed by atoms with E-state index < -0.39 is 24.5 Å². The first kappa shape index (κ1) is 23.5. The molecule has 2 amide bonds. The Balaban J connectivity index is 2.03. The molecule has 10 heteroatoms. The summed E-state index contributed by atoms with van der Waals surface area (Å²) in [4.78, 5) is 24.4. The molecule has 31 heavy (non-hydrogen) atoms. The van der Waals surface area contributed by atoms with E-state index in [4.69, 9.17) is 14.6 Å². The third kappa shape index (κ3) is 7.53. The van der Waals surface area contributed by atoms with Crippen LogP contribution in [0.1, 0.15) is 27.1 Å². The molecule has 0 heterocycles. The molecule has 164 valence electrons. The monoisotopic (exact) mass is 428 g/mol. The van der Waals surface area contributed by atoms with Crippen LogP contribution < -0.4 is 20.3 Å². The first-order valence-electron chi connectivity index (χ1n) is 9.24. The third-order valence-electron chi connectivity index (χ3n) is 4.04. The fraction of sp³-hybridized carbons (Fsp3) is 0.238. The first-order valence-corrected chi connectivity index (χ1v) is 9.24. The van der Waals surface area contributed by atoms with Crippen LogP contribution in [0.25, 0.3) is 0 Å². The van der Waals surface area contributed by atoms with Crippen molar-refractivity contribution < 1.29 is 29.3 Å². The second kappa shape index (κ2) is 12.1. The van der Waals surface area contributed by atoms with E-state index in [2.05, 4.69) is 21.1 Å². The smallest absolute Gasteiger partial charge is 0.271 e. The van der Waals surface area contributed by atoms with Gasteiger partial charge in [-0.3, -0.25) is 9.59 Å². The van der Waals surface area contributed by atoms with E-state index in [1.807, 2.05) is 0 Å². The summed E-state index contributed by atoms with van der Waals surface area (Å²) in [6.45, 7) is -0.502. The van der Waals surface area contributed by atoms with Crippen LogP contribution in [-0.4, -0.2) is 60.9 Å². The molecule has 0 radical (unpaired) electrons. The van der Waals surface area contributed by atoms with Gasteiger partial charge in [-0.05, 0) is 48.5 Å². The van der Waals surface area contributed by atoms with Crippen molar-refractivity contribution in [2.75, 3.05) is 20.8 Å². The normalized spacial score (nSPS) is 12.3. The maximum absolute atomic E-state index is 12.2. The zero-order valence-corrected chi connectivity index (χ0v) is 17.1. The van der Waals surface area contributed by atoms with Gasteiger partial charge in [0.2, 0.25) is 0 Å². The van der Waals surface area contributed by atoms with Crippen LogP contribution in [0.5, 0.6) is 11.5 Å². The highest BCUT2D eigenvalue weighted by molar-refractivity contribution is 6.31. The number of benzene rings is 2. The number of carbonyl (C=O) groups is 2. The summed E-state index contributed by atoms with van der Waals surface area (Å²) in [5, 5.41) is 26.5. The summed E-state index contributed by atoms with van der Waals surface area (Å²) in [6, 6.07) is 12.8. The Bertz CT molecular complexity index is 926. The molecular formula is C21H24N4O6. The predicted molar refractivity (Wildman–Crippen MR) is 115 cm³/mol. The van der Waals surface area contributed by atoms with Gasteiger partial charge < -0.3 is 19.7 Å². The number of carbonyl (C=O) groups excluding carboxylic acids is 2. The van der Waals surface area contributed by atoms with Crippen molar-refractivity contribution in [1.82, 2.24) is 10.9 Å². The highest BCUT2D eigenvalue weighted by Crippen LogP contribution is 2.12. The summed E-state index contributed by atoms with van der Waals surface area (Å²) in [6.07, 6.45) is -0.0315. The molecule has 1 unspecified atom stereocenters. The van der Waals surface area contributed by atoms with Crippen molar-refractivity contribution in [2.45, 2.75) is 12.5 Å². The van der Waals surface area contributed by atoms with Crippen LogP contribution >= 0.6 is 0 Å². The average molecular weight is 428 g/mol. The lowest BCUT2D eigenvalue weighted by Gasteiger charge is -2.08. The third-order valence-corrected chi connectivity index (χ3v) is 4.04. The van der Waals surface area contributed by atoms with Crippen molar-refractivity contribution in [1.29, 1.82) is 0 Å². The molecule has 2 aromatic carbocycles. The Hall–Kier alpha value is -3.76. The summed E-state index contributed by atoms with van der Waals surface area (Å²) in [5.41, 5.74) is 5.52. The van der Waals surface area contributed by atoms with Gasteiger partial charge in [-0.25, -0.2) is 10.9 Å². The molecule has 0 spiro atoms. The predicted octanol–water partition coefficient (Wildman–Crippen LogP) is 0.949. The lowest BCUT2D eigenvalue weighted by Crippen LogP contribution is -2.25. The molecule has 0 saturated carbocycles. The van der Waals surface area contributed by atoms with Crippen molar-refractivity contribution in [3.63, 3.8) is 0 Å². The van der Waals surface area contributed by atoms with Gasteiger partial charge >= 0.3 is 0 Å². The van der Waals surface area contributed by atoms with Gasteiger partial charge in [0.25, 0.3) is 11.8 Å². The van der Waals surface area contributed by atoms with Crippen molar-refractivity contribution in [3.8, 4) is 11.5 Å². The Morgan fingerprint density at radius 1 is 0.935 bits per heavy atom. The van der Waals surface area contributed by atoms with E-state index >= 15 is 0 Å². The van der Waals surface area contributed by atoms with E-state index in [-0.39, 0.29) is 12.1 Å². The zero-order valence-electron chi connectivity index (χ0n) is 17.1. The van der Waals surface area contributed by atoms with E-state index in [1.165, 1.54) is 20.4 Å². The lowest BCUT2D eigenvalue weighted by atomic mass is 10.2. The van der Waals surface area contributed by atoms with E-state index in [0.29, 0.717) is 22.6 Å². The van der Waals surface area contributed by atoms with Crippen molar-refractivity contribution in [3.05, 3.63) is 59.7 Å². The largest absolute Gasteiger partial charge is 0.497 e. The molecule has 10 nitrogen and oxygen atoms in total. The molecule has 2 aromatic rings. The average Bonchev–Trinajstić information content (AvgIpc) is 2.81. The first-order chi connectivity index (χ1) is 15.0. The number of methoxy groups -OCH3 is 2. The fourth-order valence-corrected chi connectivity index (χ4v) is 2.34. The van der Waals surface area contributed by atoms with Gasteiger partial charge in [0.1, 0.15) is 11.5 Å². The van der Waals surface area contributed by atoms with Crippen LogP contribution in [0.3, 0.4) is 0 Å². The van der Waals surface area contributed by atoms with E-state index in [1.54, 1.807) is 48.5 Å². The van der Waals surface area contributed by atoms with Crippen LogP contribution in [0, 0.1) is 0 Å². The standard InChI is InChI=1S/C21H24N4O6/c1-30-18-7-3-14(4-8-18)20(28)24-22-12-16(11-17(27)13-26)23-25-21(29)15-5-9-19(31-2)10-6-15/h3-10,12,17,26-27H,11,13H2,1-2H3,(H,24,28)(H,25,29). The van der Waals surface area contributed by atoms with Gasteiger partial charge in [0.05, 0.1) is 38.9 Å². The molecule has 0 saturated heterocycles. The number of aliphatic hydroxyl groups is 2. The van der Waals surface area contributed by atoms with Crippen LogP contribution in [0.2, 0.25) is 0 Å². The molecule has 2 rings (SSSR count). The summed E-state index contributed by atoms with van der Waals surface area (Å²) < 4.78 is 10.1. The quantitative estimate of drug-likeness (QED) is 0.328. The molecule has 0 bridgehead atoms. The second-order valence-electron chi connectivity index (χ2n) is 6.24. The van der Waals surface area contributed by atoms with Crippen molar-refractivity contribution >= 4 is 23.7 Å². The Labute approximate surface area is 179 Å². The van der Waals surface area contributed by atoms with Gasteiger partial charge in [-0.1, -0.05) is 0 Å². The number of aliphatic hydroxyl groups excluding tert-OH is 2. The topological polar surface area (TPSA) is 142 Å². The van der Waals surface area contributed by atoms with Gasteiger partial charge in [-0.15, -0.1) is 0 Å². The molecule has 0 aliphatic carbocycles. The van der Waals surface area contributed by atoms with Crippen LogP contribution in [-0.2, 0) is 0 Å². The summed E-state index contributed by atoms with van der Waals surface area (Å²) in [5.74, 6) is 0.254. The van der Waals surface area contributed by atoms with Crippen LogP contribution in [0.15, 0.2) is 58.7 Å². The molecule has 0 aromatic heterocycles. The van der Waals surface area contributed by atoms with Crippen LogP contribution in [0.4, 0.5) is 0 Å². The highest BCUT2D eigenvalue weighted by Gasteiger charge is 2.10. The molecule has 0 aliphatic rings. The lowest BCUT2D eigenvalue weighted by molar-refractivity contribution is 0.0943. The maximum atomic E-state index is 12.2. The number of nitrogens with one attached hydrogen (secondary N) is 2. The minimum Gasteiger partial charge on any atom is -0.497 e. The zero-order chi connectivity index (χ0) is 22.6. The number of rotatable bonds is 10. The minimum atomic E-state index is -1.11. The SMILES string of the molecule is COc1ccc(C(=O)NN=CC(CC(O)CO)=NNC(=O)c2ccc(OC)cc2)cc1. The molecule has 0 fully saturated rings. The summed E-state index contributed by atoms with van der Waals surface area (Å²) in [7, 11) is 3.04. The number of amides is 2. The Kier molecular flexibility index (Phi) is 9.14. The van der Waals surface area contributed by atoms with Gasteiger partial charge in [0.15, 0.2) is 0 Å². The number of hydrogen-bond donors (Lipinski definition) is 4. The maximum Gasteiger partial charge on any atom is 0.271 e. The number of nitrogens with zero attached hydrogens (tertiary/aromatic N) is 2. The second-order valence-corrected chi connectivity index (χ2v) is 6.24. The number of ether oxygens (including phenoxy) is 2. The molecular weight excluding hydrogens is 404 g/mol. The Morgan fingerprint density at radius 2 is 1.42 bits per heavy atom. The summed E-state index contributed by atoms with van der Waals surface area (Å²) >= 11 is 0. The molecule has 0 aliphatic heterocycles. The highest BCUT2D eigenvalue weighted by atomic mass is 16.5. The van der Waals surface area contributed by atoms with E-state index in [9.17, 15) is 14.7 Å². The Morgan fingerprint density at radius 3 is 1.87 bits per heavy atom. The molecule has 4 N–H and O–H groups in total.